The number of methoxy groups -OCH3 is 3. The highest BCUT2D eigenvalue weighted by Crippen LogP contribution is 2.40. The molecule has 0 amide bonds. The third-order valence-corrected chi connectivity index (χ3v) is 4.12. The number of anilines is 2. The summed E-state index contributed by atoms with van der Waals surface area (Å²) in [5.74, 6) is 3.20. The molecule has 2 aromatic heterocycles. The van der Waals surface area contributed by atoms with Crippen molar-refractivity contribution in [2.45, 2.75) is 6.92 Å². The average molecular weight is 402 g/mol. The summed E-state index contributed by atoms with van der Waals surface area (Å²) in [6, 6.07) is 10.7. The third-order valence-electron chi connectivity index (χ3n) is 3.85. The highest BCUT2D eigenvalue weighted by Gasteiger charge is 2.14. The van der Waals surface area contributed by atoms with Gasteiger partial charge in [0.2, 0.25) is 5.75 Å². The molecular formula is C20H20ClN3O4. The number of ether oxygens (including phenoxy) is 4. The minimum absolute atomic E-state index is 0.302. The number of hydrogen-bond acceptors (Lipinski definition) is 7. The molecule has 28 heavy (non-hydrogen) atoms. The first-order chi connectivity index (χ1) is 13.5. The predicted octanol–water partition coefficient (Wildman–Crippen LogP) is 5.00. The molecule has 0 unspecified atom stereocenters. The first-order valence-electron chi connectivity index (χ1n) is 8.38. The molecule has 7 nitrogen and oxygen atoms in total. The minimum atomic E-state index is 0.302. The Labute approximate surface area is 168 Å². The lowest BCUT2D eigenvalue weighted by Crippen LogP contribution is -1.99. The first kappa shape index (κ1) is 19.6. The van der Waals surface area contributed by atoms with E-state index in [0.29, 0.717) is 45.4 Å². The Morgan fingerprint density at radius 1 is 0.893 bits per heavy atom. The highest BCUT2D eigenvalue weighted by molar-refractivity contribution is 6.30. The van der Waals surface area contributed by atoms with Gasteiger partial charge < -0.3 is 24.3 Å². The first-order valence-corrected chi connectivity index (χ1v) is 8.76. The van der Waals surface area contributed by atoms with Gasteiger partial charge in [0.15, 0.2) is 22.4 Å². The maximum absolute atomic E-state index is 6.14. The molecule has 0 aliphatic rings. The number of nitrogens with zero attached hydrogens (tertiary/aromatic N) is 2. The van der Waals surface area contributed by atoms with Gasteiger partial charge in [-0.1, -0.05) is 11.6 Å². The Kier molecular flexibility index (Phi) is 6.06. The molecule has 3 aromatic rings. The molecule has 0 aliphatic heterocycles. The minimum Gasteiger partial charge on any atom is -0.493 e. The van der Waals surface area contributed by atoms with Crippen LogP contribution in [-0.2, 0) is 0 Å². The summed E-state index contributed by atoms with van der Waals surface area (Å²) in [6.07, 6.45) is 1.63. The largest absolute Gasteiger partial charge is 0.493 e. The fourth-order valence-corrected chi connectivity index (χ4v) is 2.79. The van der Waals surface area contributed by atoms with Gasteiger partial charge in [-0.25, -0.2) is 9.97 Å². The zero-order valence-corrected chi connectivity index (χ0v) is 16.7. The summed E-state index contributed by atoms with van der Waals surface area (Å²) in [4.78, 5) is 8.50. The van der Waals surface area contributed by atoms with Crippen LogP contribution < -0.4 is 24.3 Å². The zero-order chi connectivity index (χ0) is 20.1. The zero-order valence-electron chi connectivity index (χ0n) is 15.9. The molecular weight excluding hydrogens is 382 g/mol. The van der Waals surface area contributed by atoms with Gasteiger partial charge in [0.05, 0.1) is 21.3 Å². The van der Waals surface area contributed by atoms with E-state index < -0.39 is 0 Å². The van der Waals surface area contributed by atoms with Gasteiger partial charge in [0.1, 0.15) is 11.6 Å². The SMILES string of the molecule is COc1cc(Nc2cc(Oc3ccc(C)nc3Cl)ccn2)cc(OC)c1OC. The van der Waals surface area contributed by atoms with Crippen LogP contribution in [0.5, 0.6) is 28.7 Å². The van der Waals surface area contributed by atoms with Gasteiger partial charge in [-0.3, -0.25) is 0 Å². The molecule has 0 spiro atoms. The van der Waals surface area contributed by atoms with E-state index in [-0.39, 0.29) is 0 Å². The van der Waals surface area contributed by atoms with E-state index in [4.69, 9.17) is 30.5 Å². The molecule has 0 radical (unpaired) electrons. The van der Waals surface area contributed by atoms with Crippen molar-refractivity contribution in [3.63, 3.8) is 0 Å². The van der Waals surface area contributed by atoms with Crippen LogP contribution >= 0.6 is 11.6 Å². The molecule has 1 N–H and O–H groups in total. The van der Waals surface area contributed by atoms with Crippen molar-refractivity contribution in [2.24, 2.45) is 0 Å². The molecule has 0 aliphatic carbocycles. The number of pyridine rings is 2. The van der Waals surface area contributed by atoms with E-state index in [9.17, 15) is 0 Å². The number of nitrogens with one attached hydrogen (secondary N) is 1. The standard InChI is InChI=1S/C20H20ClN3O4/c1-12-5-6-15(20(21)23-12)28-14-7-8-22-18(11-14)24-13-9-16(25-2)19(27-4)17(10-13)26-3/h5-11H,1-4H3,(H,22,24). The van der Waals surface area contributed by atoms with E-state index in [0.717, 1.165) is 5.69 Å². The third kappa shape index (κ3) is 4.37. The smallest absolute Gasteiger partial charge is 0.203 e. The molecule has 3 rings (SSSR count). The molecule has 2 heterocycles. The van der Waals surface area contributed by atoms with Gasteiger partial charge in [0, 0.05) is 35.8 Å². The monoisotopic (exact) mass is 401 g/mol. The molecule has 0 saturated carbocycles. The Morgan fingerprint density at radius 2 is 1.61 bits per heavy atom. The molecule has 0 saturated heterocycles. The number of hydrogen-bond donors (Lipinski definition) is 1. The van der Waals surface area contributed by atoms with Crippen molar-refractivity contribution in [1.29, 1.82) is 0 Å². The number of rotatable bonds is 7. The fraction of sp³-hybridized carbons (Fsp3) is 0.200. The molecule has 1 aromatic carbocycles. The summed E-state index contributed by atoms with van der Waals surface area (Å²) < 4.78 is 21.9. The molecule has 0 bridgehead atoms. The van der Waals surface area contributed by atoms with Crippen LogP contribution in [0.4, 0.5) is 11.5 Å². The van der Waals surface area contributed by atoms with E-state index >= 15 is 0 Å². The number of aromatic nitrogens is 2. The van der Waals surface area contributed by atoms with Crippen LogP contribution in [0.3, 0.4) is 0 Å². The van der Waals surface area contributed by atoms with Crippen LogP contribution in [0.25, 0.3) is 0 Å². The summed E-state index contributed by atoms with van der Waals surface area (Å²) >= 11 is 6.14. The molecule has 146 valence electrons. The predicted molar refractivity (Wildman–Crippen MR) is 108 cm³/mol. The second-order valence-electron chi connectivity index (χ2n) is 5.76. The normalized spacial score (nSPS) is 10.3. The van der Waals surface area contributed by atoms with E-state index in [1.165, 1.54) is 0 Å². The Morgan fingerprint density at radius 3 is 2.21 bits per heavy atom. The van der Waals surface area contributed by atoms with Crippen LogP contribution in [-0.4, -0.2) is 31.3 Å². The van der Waals surface area contributed by atoms with Crippen molar-refractivity contribution in [3.05, 3.63) is 53.4 Å². The highest BCUT2D eigenvalue weighted by atomic mass is 35.5. The van der Waals surface area contributed by atoms with Crippen molar-refractivity contribution in [1.82, 2.24) is 9.97 Å². The number of aryl methyl sites for hydroxylation is 1. The summed E-state index contributed by atoms with van der Waals surface area (Å²) in [6.45, 7) is 1.86. The average Bonchev–Trinajstić information content (AvgIpc) is 2.69. The second-order valence-corrected chi connectivity index (χ2v) is 6.12. The van der Waals surface area contributed by atoms with Crippen LogP contribution in [0.15, 0.2) is 42.6 Å². The van der Waals surface area contributed by atoms with Gasteiger partial charge in [-0.15, -0.1) is 0 Å². The van der Waals surface area contributed by atoms with Gasteiger partial charge in [0.25, 0.3) is 0 Å². The van der Waals surface area contributed by atoms with Gasteiger partial charge in [-0.2, -0.15) is 0 Å². The van der Waals surface area contributed by atoms with Crippen LogP contribution in [0, 0.1) is 6.92 Å². The van der Waals surface area contributed by atoms with Crippen LogP contribution in [0.1, 0.15) is 5.69 Å². The fourth-order valence-electron chi connectivity index (χ4n) is 2.56. The topological polar surface area (TPSA) is 74.7 Å². The van der Waals surface area contributed by atoms with Crippen LogP contribution in [0.2, 0.25) is 5.15 Å². The maximum Gasteiger partial charge on any atom is 0.203 e. The summed E-state index contributed by atoms with van der Waals surface area (Å²) in [5, 5.41) is 3.50. The number of benzene rings is 1. The lowest BCUT2D eigenvalue weighted by molar-refractivity contribution is 0.324. The van der Waals surface area contributed by atoms with E-state index in [2.05, 4.69) is 15.3 Å². The maximum atomic E-state index is 6.14. The molecule has 8 heteroatoms. The van der Waals surface area contributed by atoms with Crippen molar-refractivity contribution in [3.8, 4) is 28.7 Å². The van der Waals surface area contributed by atoms with Crippen molar-refractivity contribution >= 4 is 23.1 Å². The second kappa shape index (κ2) is 8.67. The Bertz CT molecular complexity index is 956. The number of halogens is 1. The molecule has 0 atom stereocenters. The summed E-state index contributed by atoms with van der Waals surface area (Å²) in [5.41, 5.74) is 1.53. The Balaban J connectivity index is 1.85. The lowest BCUT2D eigenvalue weighted by Gasteiger charge is -2.15. The van der Waals surface area contributed by atoms with Gasteiger partial charge in [-0.05, 0) is 25.1 Å². The van der Waals surface area contributed by atoms with Crippen molar-refractivity contribution < 1.29 is 18.9 Å². The quantitative estimate of drug-likeness (QED) is 0.558. The molecule has 0 fully saturated rings. The van der Waals surface area contributed by atoms with E-state index in [1.807, 2.05) is 13.0 Å². The van der Waals surface area contributed by atoms with Gasteiger partial charge >= 0.3 is 0 Å². The van der Waals surface area contributed by atoms with E-state index in [1.54, 1.807) is 57.9 Å². The Hall–Kier alpha value is -3.19. The lowest BCUT2D eigenvalue weighted by atomic mass is 10.2. The summed E-state index contributed by atoms with van der Waals surface area (Å²) in [7, 11) is 4.68. The van der Waals surface area contributed by atoms with Crippen molar-refractivity contribution in [2.75, 3.05) is 26.6 Å².